The fourth-order valence-electron chi connectivity index (χ4n) is 2.73. The van der Waals surface area contributed by atoms with Crippen LogP contribution < -0.4 is 10.1 Å². The molecule has 1 amide bonds. The molecule has 0 spiro atoms. The molecular weight excluding hydrogens is 352 g/mol. The van der Waals surface area contributed by atoms with Gasteiger partial charge in [0.25, 0.3) is 0 Å². The third kappa shape index (κ3) is 7.53. The van der Waals surface area contributed by atoms with Gasteiger partial charge in [0.15, 0.2) is 5.78 Å². The first-order valence-electron chi connectivity index (χ1n) is 9.77. The van der Waals surface area contributed by atoms with Crippen LogP contribution in [0.3, 0.4) is 0 Å². The number of amides is 1. The minimum atomic E-state index is -0.168. The number of Topliss-reactive ketones (excluding diaryl/α,β-unsaturated/α-hetero) is 1. The van der Waals surface area contributed by atoms with E-state index in [1.165, 1.54) is 5.56 Å². The zero-order valence-electron chi connectivity index (χ0n) is 17.0. The highest BCUT2D eigenvalue weighted by Crippen LogP contribution is 2.16. The van der Waals surface area contributed by atoms with Crippen LogP contribution in [-0.4, -0.2) is 43.8 Å². The second-order valence-electron chi connectivity index (χ2n) is 7.05. The lowest BCUT2D eigenvalue weighted by Crippen LogP contribution is -2.15. The summed E-state index contributed by atoms with van der Waals surface area (Å²) in [5, 5.41) is 2.82. The summed E-state index contributed by atoms with van der Waals surface area (Å²) < 4.78 is 5.68. The van der Waals surface area contributed by atoms with Crippen LogP contribution in [0.4, 0.5) is 5.69 Å². The Labute approximate surface area is 167 Å². The average molecular weight is 383 g/mol. The van der Waals surface area contributed by atoms with Gasteiger partial charge in [-0.05, 0) is 56.8 Å². The molecule has 0 aliphatic carbocycles. The Morgan fingerprint density at radius 1 is 0.964 bits per heavy atom. The zero-order chi connectivity index (χ0) is 20.4. The summed E-state index contributed by atoms with van der Waals surface area (Å²) in [6, 6.07) is 14.9. The van der Waals surface area contributed by atoms with E-state index in [-0.39, 0.29) is 24.5 Å². The Kier molecular flexibility index (Phi) is 8.69. The van der Waals surface area contributed by atoms with Crippen molar-refractivity contribution in [2.75, 3.05) is 32.6 Å². The van der Waals surface area contributed by atoms with Crippen molar-refractivity contribution in [3.63, 3.8) is 0 Å². The molecule has 2 rings (SSSR count). The van der Waals surface area contributed by atoms with E-state index in [1.807, 2.05) is 62.6 Å². The van der Waals surface area contributed by atoms with E-state index in [9.17, 15) is 9.59 Å². The number of anilines is 1. The van der Waals surface area contributed by atoms with E-state index in [2.05, 4.69) is 17.1 Å². The topological polar surface area (TPSA) is 58.6 Å². The van der Waals surface area contributed by atoms with Gasteiger partial charge in [0.05, 0.1) is 6.61 Å². The SMILES string of the molecule is CCc1ccc(C(=O)CCC(=O)Nc2ccc(OCCCN(C)C)cc2)cc1. The molecule has 0 saturated carbocycles. The molecule has 0 radical (unpaired) electrons. The van der Waals surface area contributed by atoms with Gasteiger partial charge in [0, 0.05) is 30.6 Å². The molecule has 0 aliphatic rings. The predicted molar refractivity (Wildman–Crippen MR) is 113 cm³/mol. The highest BCUT2D eigenvalue weighted by Gasteiger charge is 2.10. The smallest absolute Gasteiger partial charge is 0.224 e. The Morgan fingerprint density at radius 3 is 2.25 bits per heavy atom. The lowest BCUT2D eigenvalue weighted by atomic mass is 10.0. The molecule has 2 aromatic rings. The van der Waals surface area contributed by atoms with Crippen molar-refractivity contribution in [2.45, 2.75) is 32.6 Å². The van der Waals surface area contributed by atoms with E-state index < -0.39 is 0 Å². The standard InChI is InChI=1S/C23H30N2O3/c1-4-18-6-8-19(9-7-18)22(26)14-15-23(27)24-20-10-12-21(13-11-20)28-17-5-16-25(2)3/h6-13H,4-5,14-17H2,1-3H3,(H,24,27). The molecule has 0 aromatic heterocycles. The van der Waals surface area contributed by atoms with E-state index in [0.29, 0.717) is 17.9 Å². The third-order valence-corrected chi connectivity index (χ3v) is 4.42. The average Bonchev–Trinajstić information content (AvgIpc) is 2.70. The maximum absolute atomic E-state index is 12.2. The van der Waals surface area contributed by atoms with Crippen LogP contribution in [0.5, 0.6) is 5.75 Å². The first kappa shape index (κ1) is 21.6. The normalized spacial score (nSPS) is 10.7. The van der Waals surface area contributed by atoms with Gasteiger partial charge in [0.2, 0.25) is 5.91 Å². The van der Waals surface area contributed by atoms with Crippen LogP contribution in [0.2, 0.25) is 0 Å². The summed E-state index contributed by atoms with van der Waals surface area (Å²) in [4.78, 5) is 26.4. The molecule has 28 heavy (non-hydrogen) atoms. The zero-order valence-corrected chi connectivity index (χ0v) is 17.0. The van der Waals surface area contributed by atoms with Crippen molar-refractivity contribution >= 4 is 17.4 Å². The minimum absolute atomic E-state index is 0.0146. The number of ketones is 1. The van der Waals surface area contributed by atoms with Crippen molar-refractivity contribution in [3.8, 4) is 5.75 Å². The molecule has 5 nitrogen and oxygen atoms in total. The largest absolute Gasteiger partial charge is 0.494 e. The first-order chi connectivity index (χ1) is 13.5. The van der Waals surface area contributed by atoms with Gasteiger partial charge >= 0.3 is 0 Å². The van der Waals surface area contributed by atoms with Crippen molar-refractivity contribution in [1.29, 1.82) is 0 Å². The van der Waals surface area contributed by atoms with Gasteiger partial charge in [-0.2, -0.15) is 0 Å². The number of nitrogens with one attached hydrogen (secondary N) is 1. The molecule has 150 valence electrons. The van der Waals surface area contributed by atoms with Crippen LogP contribution in [-0.2, 0) is 11.2 Å². The van der Waals surface area contributed by atoms with Crippen LogP contribution in [0, 0.1) is 0 Å². The van der Waals surface area contributed by atoms with Gasteiger partial charge in [-0.15, -0.1) is 0 Å². The molecule has 0 atom stereocenters. The first-order valence-corrected chi connectivity index (χ1v) is 9.77. The van der Waals surface area contributed by atoms with Crippen molar-refractivity contribution in [2.24, 2.45) is 0 Å². The molecule has 0 bridgehead atoms. The van der Waals surface area contributed by atoms with Gasteiger partial charge < -0.3 is 15.0 Å². The van der Waals surface area contributed by atoms with E-state index in [0.717, 1.165) is 25.1 Å². The summed E-state index contributed by atoms with van der Waals surface area (Å²) in [5.41, 5.74) is 2.55. The summed E-state index contributed by atoms with van der Waals surface area (Å²) in [5.74, 6) is 0.597. The van der Waals surface area contributed by atoms with E-state index >= 15 is 0 Å². The predicted octanol–water partition coefficient (Wildman–Crippen LogP) is 4.18. The Morgan fingerprint density at radius 2 is 1.64 bits per heavy atom. The van der Waals surface area contributed by atoms with Crippen molar-refractivity contribution in [1.82, 2.24) is 4.90 Å². The minimum Gasteiger partial charge on any atom is -0.494 e. The fourth-order valence-corrected chi connectivity index (χ4v) is 2.73. The highest BCUT2D eigenvalue weighted by atomic mass is 16.5. The van der Waals surface area contributed by atoms with Crippen LogP contribution in [0.1, 0.15) is 42.1 Å². The fraction of sp³-hybridized carbons (Fsp3) is 0.391. The number of nitrogens with zero attached hydrogens (tertiary/aromatic N) is 1. The lowest BCUT2D eigenvalue weighted by Gasteiger charge is -2.11. The lowest BCUT2D eigenvalue weighted by molar-refractivity contribution is -0.116. The molecule has 0 aliphatic heterocycles. The quantitative estimate of drug-likeness (QED) is 0.468. The Balaban J connectivity index is 1.73. The molecule has 0 heterocycles. The van der Waals surface area contributed by atoms with Gasteiger partial charge in [-0.3, -0.25) is 9.59 Å². The number of rotatable bonds is 11. The summed E-state index contributed by atoms with van der Waals surface area (Å²) in [6.07, 6.45) is 2.26. The second kappa shape index (κ2) is 11.2. The maximum Gasteiger partial charge on any atom is 0.224 e. The number of benzene rings is 2. The summed E-state index contributed by atoms with van der Waals surface area (Å²) >= 11 is 0. The highest BCUT2D eigenvalue weighted by molar-refractivity contribution is 6.00. The maximum atomic E-state index is 12.2. The van der Waals surface area contributed by atoms with Crippen molar-refractivity contribution in [3.05, 3.63) is 59.7 Å². The molecular formula is C23H30N2O3. The van der Waals surface area contributed by atoms with Crippen LogP contribution in [0.25, 0.3) is 0 Å². The third-order valence-electron chi connectivity index (χ3n) is 4.42. The summed E-state index contributed by atoms with van der Waals surface area (Å²) in [6.45, 7) is 3.71. The Hall–Kier alpha value is -2.66. The Bertz CT molecular complexity index is 752. The van der Waals surface area contributed by atoms with Crippen LogP contribution >= 0.6 is 0 Å². The van der Waals surface area contributed by atoms with Gasteiger partial charge in [0.1, 0.15) is 5.75 Å². The monoisotopic (exact) mass is 382 g/mol. The number of hydrogen-bond donors (Lipinski definition) is 1. The van der Waals surface area contributed by atoms with Crippen molar-refractivity contribution < 1.29 is 14.3 Å². The van der Waals surface area contributed by atoms with Gasteiger partial charge in [-0.25, -0.2) is 0 Å². The molecule has 2 aromatic carbocycles. The molecule has 5 heteroatoms. The number of aryl methyl sites for hydroxylation is 1. The molecule has 0 unspecified atom stereocenters. The molecule has 0 saturated heterocycles. The number of ether oxygens (including phenoxy) is 1. The summed E-state index contributed by atoms with van der Waals surface area (Å²) in [7, 11) is 4.07. The van der Waals surface area contributed by atoms with Gasteiger partial charge in [-0.1, -0.05) is 31.2 Å². The number of carbonyl (C=O) groups excluding carboxylic acids is 2. The number of carbonyl (C=O) groups is 2. The second-order valence-corrected chi connectivity index (χ2v) is 7.05. The molecule has 0 fully saturated rings. The molecule has 1 N–H and O–H groups in total. The van der Waals surface area contributed by atoms with E-state index in [1.54, 1.807) is 0 Å². The number of hydrogen-bond acceptors (Lipinski definition) is 4. The van der Waals surface area contributed by atoms with E-state index in [4.69, 9.17) is 4.74 Å². The van der Waals surface area contributed by atoms with Crippen LogP contribution in [0.15, 0.2) is 48.5 Å².